The van der Waals surface area contributed by atoms with E-state index in [9.17, 15) is 13.6 Å². The standard InChI is InChI=1S/C19H23F2N5OS.ClH/c1-4-24(5-2)9-10-25(18(27)15-7-8-22-26(15)6-3)19-23-17-14(21)11-13(20)12-16(17)28-19;/h7-8,11-12H,4-6,9-10H2,1-3H3;1H. The molecule has 2 heterocycles. The van der Waals surface area contributed by atoms with E-state index in [1.165, 1.54) is 11.0 Å². The number of anilines is 1. The number of fused-ring (bicyclic) bond motifs is 1. The first-order chi connectivity index (χ1) is 13.5. The van der Waals surface area contributed by atoms with Gasteiger partial charge in [0.05, 0.1) is 4.70 Å². The summed E-state index contributed by atoms with van der Waals surface area (Å²) in [5.74, 6) is -1.65. The molecule has 1 aromatic carbocycles. The summed E-state index contributed by atoms with van der Waals surface area (Å²) >= 11 is 1.11. The van der Waals surface area contributed by atoms with Crippen LogP contribution in [0, 0.1) is 11.6 Å². The number of benzene rings is 1. The number of hydrogen-bond donors (Lipinski definition) is 0. The lowest BCUT2D eigenvalue weighted by atomic mass is 10.3. The van der Waals surface area contributed by atoms with Gasteiger partial charge in [0.15, 0.2) is 10.9 Å². The Bertz CT molecular complexity index is 973. The van der Waals surface area contributed by atoms with Crippen LogP contribution in [0.4, 0.5) is 13.9 Å². The molecular weight excluding hydrogens is 420 g/mol. The summed E-state index contributed by atoms with van der Waals surface area (Å²) in [6, 6.07) is 3.70. The number of carbonyl (C=O) groups excluding carboxylic acids is 1. The Morgan fingerprint density at radius 3 is 2.55 bits per heavy atom. The highest BCUT2D eigenvalue weighted by Crippen LogP contribution is 2.32. The first-order valence-corrected chi connectivity index (χ1v) is 10.1. The lowest BCUT2D eigenvalue weighted by molar-refractivity contribution is 0.0973. The summed E-state index contributed by atoms with van der Waals surface area (Å²) < 4.78 is 29.7. The molecule has 0 saturated heterocycles. The minimum absolute atomic E-state index is 0. The summed E-state index contributed by atoms with van der Waals surface area (Å²) in [5, 5.41) is 4.51. The van der Waals surface area contributed by atoms with E-state index in [0.29, 0.717) is 35.2 Å². The molecule has 3 aromatic rings. The molecule has 0 saturated carbocycles. The molecule has 2 aromatic heterocycles. The molecule has 0 atom stereocenters. The van der Waals surface area contributed by atoms with Crippen LogP contribution in [0.1, 0.15) is 31.3 Å². The van der Waals surface area contributed by atoms with Crippen LogP contribution in [0.25, 0.3) is 10.2 Å². The number of nitrogens with zero attached hydrogens (tertiary/aromatic N) is 5. The highest BCUT2D eigenvalue weighted by atomic mass is 35.5. The molecule has 0 unspecified atom stereocenters. The van der Waals surface area contributed by atoms with Crippen molar-refractivity contribution in [1.29, 1.82) is 0 Å². The van der Waals surface area contributed by atoms with Crippen LogP contribution in [0.3, 0.4) is 0 Å². The van der Waals surface area contributed by atoms with Crippen LogP contribution in [0.2, 0.25) is 0 Å². The lowest BCUT2D eigenvalue weighted by Gasteiger charge is -2.24. The molecule has 0 aliphatic carbocycles. The van der Waals surface area contributed by atoms with Gasteiger partial charge >= 0.3 is 0 Å². The fourth-order valence-corrected chi connectivity index (χ4v) is 4.06. The molecular formula is C19H24ClF2N5OS. The van der Waals surface area contributed by atoms with Gasteiger partial charge in [-0.15, -0.1) is 12.4 Å². The Kier molecular flexibility index (Phi) is 8.06. The maximum Gasteiger partial charge on any atom is 0.278 e. The zero-order valence-corrected chi connectivity index (χ0v) is 18.2. The Hall–Kier alpha value is -2.10. The number of thiazole rings is 1. The molecule has 0 aliphatic heterocycles. The predicted molar refractivity (Wildman–Crippen MR) is 114 cm³/mol. The van der Waals surface area contributed by atoms with E-state index >= 15 is 0 Å². The van der Waals surface area contributed by atoms with Crippen molar-refractivity contribution in [2.75, 3.05) is 31.1 Å². The fraction of sp³-hybridized carbons (Fsp3) is 0.421. The largest absolute Gasteiger partial charge is 0.302 e. The zero-order chi connectivity index (χ0) is 20.3. The summed E-state index contributed by atoms with van der Waals surface area (Å²) in [4.78, 5) is 21.3. The van der Waals surface area contributed by atoms with Crippen LogP contribution in [-0.2, 0) is 6.54 Å². The molecule has 10 heteroatoms. The van der Waals surface area contributed by atoms with Crippen molar-refractivity contribution in [2.24, 2.45) is 0 Å². The molecule has 158 valence electrons. The highest BCUT2D eigenvalue weighted by Gasteiger charge is 2.25. The van der Waals surface area contributed by atoms with Crippen molar-refractivity contribution in [2.45, 2.75) is 27.3 Å². The van der Waals surface area contributed by atoms with Gasteiger partial charge in [-0.05, 0) is 32.1 Å². The minimum atomic E-state index is -0.729. The summed E-state index contributed by atoms with van der Waals surface area (Å²) in [6.07, 6.45) is 1.58. The summed E-state index contributed by atoms with van der Waals surface area (Å²) in [7, 11) is 0. The number of aryl methyl sites for hydroxylation is 1. The number of aromatic nitrogens is 3. The average Bonchev–Trinajstić information content (AvgIpc) is 3.31. The molecule has 0 radical (unpaired) electrons. The number of halogens is 3. The van der Waals surface area contributed by atoms with Crippen LogP contribution in [0.15, 0.2) is 24.4 Å². The van der Waals surface area contributed by atoms with Gasteiger partial charge in [0.25, 0.3) is 5.91 Å². The maximum absolute atomic E-state index is 14.1. The van der Waals surface area contributed by atoms with Gasteiger partial charge in [-0.3, -0.25) is 14.4 Å². The predicted octanol–water partition coefficient (Wildman–Crippen LogP) is 4.20. The minimum Gasteiger partial charge on any atom is -0.302 e. The van der Waals surface area contributed by atoms with E-state index < -0.39 is 11.6 Å². The second kappa shape index (κ2) is 10.1. The van der Waals surface area contributed by atoms with Crippen molar-refractivity contribution in [3.05, 3.63) is 41.7 Å². The van der Waals surface area contributed by atoms with Crippen molar-refractivity contribution < 1.29 is 13.6 Å². The number of carbonyl (C=O) groups is 1. The Morgan fingerprint density at radius 1 is 1.17 bits per heavy atom. The first-order valence-electron chi connectivity index (χ1n) is 9.30. The second-order valence-electron chi connectivity index (χ2n) is 6.25. The van der Waals surface area contributed by atoms with Crippen LogP contribution in [-0.4, -0.2) is 51.8 Å². The number of likely N-dealkylation sites (N-methyl/N-ethyl adjacent to an activating group) is 1. The topological polar surface area (TPSA) is 54.3 Å². The van der Waals surface area contributed by atoms with E-state index in [1.54, 1.807) is 16.9 Å². The molecule has 0 spiro atoms. The number of hydrogen-bond acceptors (Lipinski definition) is 5. The lowest BCUT2D eigenvalue weighted by Crippen LogP contribution is -2.39. The maximum atomic E-state index is 14.1. The molecule has 0 bridgehead atoms. The smallest absolute Gasteiger partial charge is 0.278 e. The molecule has 29 heavy (non-hydrogen) atoms. The van der Waals surface area contributed by atoms with Crippen molar-refractivity contribution in [3.8, 4) is 0 Å². The van der Waals surface area contributed by atoms with Gasteiger partial charge in [-0.2, -0.15) is 5.10 Å². The monoisotopic (exact) mass is 443 g/mol. The Morgan fingerprint density at radius 2 is 1.90 bits per heavy atom. The Labute approximate surface area is 178 Å². The van der Waals surface area contributed by atoms with E-state index in [0.717, 1.165) is 30.5 Å². The van der Waals surface area contributed by atoms with Crippen molar-refractivity contribution in [1.82, 2.24) is 19.7 Å². The van der Waals surface area contributed by atoms with Crippen LogP contribution < -0.4 is 4.90 Å². The van der Waals surface area contributed by atoms with E-state index in [4.69, 9.17) is 0 Å². The summed E-state index contributed by atoms with van der Waals surface area (Å²) in [6.45, 7) is 9.30. The SMILES string of the molecule is CCN(CC)CCN(C(=O)c1ccnn1CC)c1nc2c(F)cc(F)cc2s1.Cl. The summed E-state index contributed by atoms with van der Waals surface area (Å²) in [5.41, 5.74) is 0.513. The van der Waals surface area contributed by atoms with E-state index in [-0.39, 0.29) is 23.8 Å². The third kappa shape index (κ3) is 4.91. The molecule has 3 rings (SSSR count). The molecule has 0 N–H and O–H groups in total. The fourth-order valence-electron chi connectivity index (χ4n) is 3.03. The van der Waals surface area contributed by atoms with Gasteiger partial charge < -0.3 is 4.90 Å². The van der Waals surface area contributed by atoms with Crippen molar-refractivity contribution >= 4 is 45.0 Å². The number of amides is 1. The third-order valence-corrected chi connectivity index (χ3v) is 5.67. The molecule has 1 amide bonds. The van der Waals surface area contributed by atoms with Gasteiger partial charge in [-0.1, -0.05) is 25.2 Å². The Balaban J connectivity index is 0.00000300. The third-order valence-electron chi connectivity index (χ3n) is 4.65. The van der Waals surface area contributed by atoms with E-state index in [1.807, 2.05) is 6.92 Å². The molecule has 0 aliphatic rings. The quantitative estimate of drug-likeness (QED) is 0.523. The van der Waals surface area contributed by atoms with E-state index in [2.05, 4.69) is 28.8 Å². The van der Waals surface area contributed by atoms with Gasteiger partial charge in [0.1, 0.15) is 17.0 Å². The van der Waals surface area contributed by atoms with Crippen LogP contribution in [0.5, 0.6) is 0 Å². The normalized spacial score (nSPS) is 11.1. The zero-order valence-electron chi connectivity index (χ0n) is 16.6. The van der Waals surface area contributed by atoms with Gasteiger partial charge in [0.2, 0.25) is 0 Å². The molecule has 0 fully saturated rings. The molecule has 6 nitrogen and oxygen atoms in total. The highest BCUT2D eigenvalue weighted by molar-refractivity contribution is 7.22. The second-order valence-corrected chi connectivity index (χ2v) is 7.26. The van der Waals surface area contributed by atoms with Crippen LogP contribution >= 0.6 is 23.7 Å². The first kappa shape index (κ1) is 23.2. The van der Waals surface area contributed by atoms with Gasteiger partial charge in [-0.25, -0.2) is 13.8 Å². The van der Waals surface area contributed by atoms with Crippen molar-refractivity contribution in [3.63, 3.8) is 0 Å². The average molecular weight is 444 g/mol. The van der Waals surface area contributed by atoms with Gasteiger partial charge in [0, 0.05) is 31.9 Å². The number of rotatable bonds is 8.